The second-order valence-corrected chi connectivity index (χ2v) is 7.37. The second kappa shape index (κ2) is 7.79. The molecule has 1 aromatic rings. The van der Waals surface area contributed by atoms with E-state index in [1.807, 2.05) is 0 Å². The van der Waals surface area contributed by atoms with Crippen molar-refractivity contribution < 1.29 is 24.2 Å². The van der Waals surface area contributed by atoms with Crippen LogP contribution in [0.2, 0.25) is 0 Å². The molecule has 1 aliphatic heterocycles. The van der Waals surface area contributed by atoms with Crippen molar-refractivity contribution in [1.82, 2.24) is 4.90 Å². The number of nitrogens with zero attached hydrogens (tertiary/aromatic N) is 1. The van der Waals surface area contributed by atoms with Gasteiger partial charge in [-0.1, -0.05) is 50.0 Å². The molecule has 1 saturated heterocycles. The van der Waals surface area contributed by atoms with E-state index in [2.05, 4.69) is 4.74 Å². The molecule has 8 heteroatoms. The van der Waals surface area contributed by atoms with Crippen LogP contribution < -0.4 is 0 Å². The van der Waals surface area contributed by atoms with Crippen molar-refractivity contribution in [3.8, 4) is 0 Å². The minimum Gasteiger partial charge on any atom is -0.480 e. The molecular formula is C17H17NO5S2. The van der Waals surface area contributed by atoms with Crippen LogP contribution in [-0.4, -0.2) is 45.3 Å². The highest BCUT2D eigenvalue weighted by Crippen LogP contribution is 2.35. The number of carbonyl (C=O) groups is 3. The summed E-state index contributed by atoms with van der Waals surface area (Å²) in [5.41, 5.74) is 1.10. The number of amides is 1. The number of ether oxygens (including phenoxy) is 1. The first-order valence-corrected chi connectivity index (χ1v) is 8.67. The van der Waals surface area contributed by atoms with Gasteiger partial charge >= 0.3 is 11.9 Å². The highest BCUT2D eigenvalue weighted by Gasteiger charge is 2.41. The van der Waals surface area contributed by atoms with E-state index in [0.29, 0.717) is 16.0 Å². The Kier molecular flexibility index (Phi) is 5.97. The number of aliphatic carboxylic acids is 1. The molecule has 1 aromatic carbocycles. The quantitative estimate of drug-likeness (QED) is 0.478. The number of carbonyl (C=O) groups excluding carboxylic acids is 2. The SMILES string of the molecule is COC(=O)c1ccc(/C=C2/SC(=S)N([C@@H](C(=O)O)C(C)C)C2=O)cc1. The number of thioether (sulfide) groups is 1. The molecule has 0 saturated carbocycles. The topological polar surface area (TPSA) is 83.9 Å². The van der Waals surface area contributed by atoms with Crippen molar-refractivity contribution in [2.24, 2.45) is 5.92 Å². The second-order valence-electron chi connectivity index (χ2n) is 5.69. The number of benzene rings is 1. The Balaban J connectivity index is 2.28. The van der Waals surface area contributed by atoms with Crippen molar-refractivity contribution >= 4 is 52.2 Å². The Morgan fingerprint density at radius 3 is 2.36 bits per heavy atom. The number of carboxylic acid groups (broad SMARTS) is 1. The maximum absolute atomic E-state index is 12.6. The summed E-state index contributed by atoms with van der Waals surface area (Å²) in [6.45, 7) is 3.46. The molecule has 0 spiro atoms. The van der Waals surface area contributed by atoms with Gasteiger partial charge in [0.15, 0.2) is 0 Å². The van der Waals surface area contributed by atoms with E-state index in [9.17, 15) is 19.5 Å². The van der Waals surface area contributed by atoms with Crippen LogP contribution in [0.1, 0.15) is 29.8 Å². The zero-order valence-electron chi connectivity index (χ0n) is 13.9. The fourth-order valence-electron chi connectivity index (χ4n) is 2.40. The predicted molar refractivity (Wildman–Crippen MR) is 99.1 cm³/mol. The summed E-state index contributed by atoms with van der Waals surface area (Å²) in [6, 6.07) is 5.53. The van der Waals surface area contributed by atoms with Crippen LogP contribution in [0.4, 0.5) is 0 Å². The summed E-state index contributed by atoms with van der Waals surface area (Å²) in [6.07, 6.45) is 1.62. The minimum absolute atomic E-state index is 0.225. The number of esters is 1. The number of hydrogen-bond acceptors (Lipinski definition) is 6. The van der Waals surface area contributed by atoms with Gasteiger partial charge in [0, 0.05) is 0 Å². The maximum Gasteiger partial charge on any atom is 0.337 e. The van der Waals surface area contributed by atoms with E-state index in [1.54, 1.807) is 44.2 Å². The average molecular weight is 379 g/mol. The summed E-state index contributed by atoms with van der Waals surface area (Å²) in [4.78, 5) is 37.0. The predicted octanol–water partition coefficient (Wildman–Crippen LogP) is 2.78. The first kappa shape index (κ1) is 19.1. The van der Waals surface area contributed by atoms with Gasteiger partial charge in [-0.15, -0.1) is 0 Å². The van der Waals surface area contributed by atoms with Crippen LogP contribution in [0, 0.1) is 5.92 Å². The lowest BCUT2D eigenvalue weighted by molar-refractivity contribution is -0.146. The summed E-state index contributed by atoms with van der Waals surface area (Å²) in [5.74, 6) is -2.24. The third kappa shape index (κ3) is 4.08. The van der Waals surface area contributed by atoms with Crippen molar-refractivity contribution in [3.05, 3.63) is 40.3 Å². The van der Waals surface area contributed by atoms with Crippen molar-refractivity contribution in [2.45, 2.75) is 19.9 Å². The van der Waals surface area contributed by atoms with Crippen LogP contribution in [0.15, 0.2) is 29.2 Å². The lowest BCUT2D eigenvalue weighted by Crippen LogP contribution is -2.47. The molecule has 0 aliphatic carbocycles. The molecule has 1 aliphatic rings. The molecule has 1 N–H and O–H groups in total. The normalized spacial score (nSPS) is 17.3. The molecule has 6 nitrogen and oxygen atoms in total. The van der Waals surface area contributed by atoms with Crippen molar-refractivity contribution in [3.63, 3.8) is 0 Å². The van der Waals surface area contributed by atoms with Gasteiger partial charge in [-0.2, -0.15) is 0 Å². The summed E-state index contributed by atoms with van der Waals surface area (Å²) < 4.78 is 4.86. The number of methoxy groups -OCH3 is 1. The highest BCUT2D eigenvalue weighted by atomic mass is 32.2. The van der Waals surface area contributed by atoms with Gasteiger partial charge < -0.3 is 9.84 Å². The van der Waals surface area contributed by atoms with E-state index >= 15 is 0 Å². The van der Waals surface area contributed by atoms with E-state index in [0.717, 1.165) is 16.7 Å². The van der Waals surface area contributed by atoms with Gasteiger partial charge in [0.05, 0.1) is 17.6 Å². The van der Waals surface area contributed by atoms with Gasteiger partial charge in [-0.3, -0.25) is 9.69 Å². The van der Waals surface area contributed by atoms with Crippen LogP contribution in [-0.2, 0) is 14.3 Å². The minimum atomic E-state index is -1.09. The van der Waals surface area contributed by atoms with Crippen LogP contribution in [0.5, 0.6) is 0 Å². The largest absolute Gasteiger partial charge is 0.480 e. The Morgan fingerprint density at radius 1 is 1.28 bits per heavy atom. The third-order valence-corrected chi connectivity index (χ3v) is 4.95. The zero-order chi connectivity index (χ0) is 18.7. The van der Waals surface area contributed by atoms with E-state index in [-0.39, 0.29) is 10.2 Å². The Morgan fingerprint density at radius 2 is 1.88 bits per heavy atom. The Hall–Kier alpha value is -2.19. The molecule has 0 radical (unpaired) electrons. The molecule has 25 heavy (non-hydrogen) atoms. The smallest absolute Gasteiger partial charge is 0.337 e. The van der Waals surface area contributed by atoms with Crippen LogP contribution >= 0.6 is 24.0 Å². The van der Waals surface area contributed by atoms with Crippen molar-refractivity contribution in [2.75, 3.05) is 7.11 Å². The first-order chi connectivity index (χ1) is 11.8. The van der Waals surface area contributed by atoms with Gasteiger partial charge in [0.1, 0.15) is 10.4 Å². The lowest BCUT2D eigenvalue weighted by atomic mass is 10.0. The molecule has 132 valence electrons. The van der Waals surface area contributed by atoms with Gasteiger partial charge in [0.25, 0.3) is 5.91 Å². The number of rotatable bonds is 5. The number of thiocarbonyl (C=S) groups is 1. The molecule has 1 fully saturated rings. The monoisotopic (exact) mass is 379 g/mol. The molecule has 1 heterocycles. The molecular weight excluding hydrogens is 362 g/mol. The van der Waals surface area contributed by atoms with Crippen LogP contribution in [0.25, 0.3) is 6.08 Å². The Labute approximate surface area is 154 Å². The summed E-state index contributed by atoms with van der Waals surface area (Å²) >= 11 is 6.27. The molecule has 0 aromatic heterocycles. The summed E-state index contributed by atoms with van der Waals surface area (Å²) in [7, 11) is 1.30. The molecule has 1 amide bonds. The van der Waals surface area contributed by atoms with E-state index in [4.69, 9.17) is 12.2 Å². The fourth-order valence-corrected chi connectivity index (χ4v) is 3.73. The standard InChI is InChI=1S/C17H17NO5S2/c1-9(2)13(15(20)21)18-14(19)12(25-17(18)24)8-10-4-6-11(7-5-10)16(22)23-3/h4-9,13H,1-3H3,(H,20,21)/b12-8+/t13-/m1/s1. The first-order valence-electron chi connectivity index (χ1n) is 7.44. The number of hydrogen-bond donors (Lipinski definition) is 1. The third-order valence-electron chi connectivity index (χ3n) is 3.62. The lowest BCUT2D eigenvalue weighted by Gasteiger charge is -2.26. The zero-order valence-corrected chi connectivity index (χ0v) is 15.5. The maximum atomic E-state index is 12.6. The average Bonchev–Trinajstić information content (AvgIpc) is 2.82. The van der Waals surface area contributed by atoms with E-state index < -0.39 is 23.9 Å². The van der Waals surface area contributed by atoms with Crippen molar-refractivity contribution in [1.29, 1.82) is 0 Å². The van der Waals surface area contributed by atoms with Gasteiger partial charge in [-0.05, 0) is 29.7 Å². The fraction of sp³-hybridized carbons (Fsp3) is 0.294. The molecule has 0 bridgehead atoms. The van der Waals surface area contributed by atoms with Gasteiger partial charge in [0.2, 0.25) is 0 Å². The molecule has 2 rings (SSSR count). The van der Waals surface area contributed by atoms with Crippen LogP contribution in [0.3, 0.4) is 0 Å². The highest BCUT2D eigenvalue weighted by molar-refractivity contribution is 8.26. The molecule has 1 atom stereocenters. The number of carboxylic acids is 1. The molecule has 0 unspecified atom stereocenters. The van der Waals surface area contributed by atoms with E-state index in [1.165, 1.54) is 7.11 Å². The summed E-state index contributed by atoms with van der Waals surface area (Å²) in [5, 5.41) is 9.40. The van der Waals surface area contributed by atoms with Gasteiger partial charge in [-0.25, -0.2) is 9.59 Å². The Bertz CT molecular complexity index is 755.